The van der Waals surface area contributed by atoms with Crippen LogP contribution in [0.1, 0.15) is 34.7 Å². The summed E-state index contributed by atoms with van der Waals surface area (Å²) in [6.07, 6.45) is 4.44. The van der Waals surface area contributed by atoms with Crippen LogP contribution in [0.2, 0.25) is 0 Å². The maximum Gasteiger partial charge on any atom is 0.289 e. The number of benzene rings is 1. The van der Waals surface area contributed by atoms with E-state index in [1.165, 1.54) is 18.4 Å². The molecule has 3 aliphatic rings. The molecule has 0 radical (unpaired) electrons. The Hall–Kier alpha value is -1.72. The van der Waals surface area contributed by atoms with Gasteiger partial charge >= 0.3 is 0 Å². The van der Waals surface area contributed by atoms with E-state index >= 15 is 0 Å². The second-order valence-corrected chi connectivity index (χ2v) is 8.29. The van der Waals surface area contributed by atoms with E-state index in [9.17, 15) is 4.79 Å². The molecule has 26 heavy (non-hydrogen) atoms. The van der Waals surface area contributed by atoms with Gasteiger partial charge in [-0.1, -0.05) is 30.3 Å². The van der Waals surface area contributed by atoms with Crippen LogP contribution in [0.25, 0.3) is 0 Å². The number of amides is 1. The van der Waals surface area contributed by atoms with Crippen molar-refractivity contribution in [3.8, 4) is 0 Å². The predicted octanol–water partition coefficient (Wildman–Crippen LogP) is 3.88. The van der Waals surface area contributed by atoms with Gasteiger partial charge in [-0.3, -0.25) is 9.69 Å². The quantitative estimate of drug-likeness (QED) is 0.800. The Balaban J connectivity index is 1.46. The van der Waals surface area contributed by atoms with Gasteiger partial charge in [0.15, 0.2) is 5.76 Å². The molecular weight excluding hydrogens is 344 g/mol. The van der Waals surface area contributed by atoms with E-state index in [0.29, 0.717) is 17.7 Å². The summed E-state index contributed by atoms with van der Waals surface area (Å²) in [5, 5.41) is 0. The van der Waals surface area contributed by atoms with Gasteiger partial charge in [-0.25, -0.2) is 0 Å². The fourth-order valence-corrected chi connectivity index (χ4v) is 4.66. The zero-order chi connectivity index (χ0) is 17.9. The van der Waals surface area contributed by atoms with Crippen molar-refractivity contribution in [3.05, 3.63) is 59.5 Å². The zero-order valence-corrected chi connectivity index (χ0v) is 16.1. The van der Waals surface area contributed by atoms with E-state index in [1.807, 2.05) is 23.3 Å². The minimum Gasteiger partial charge on any atom is -0.455 e. The topological polar surface area (TPSA) is 36.7 Å². The molecule has 0 saturated carbocycles. The van der Waals surface area contributed by atoms with Gasteiger partial charge in [0.1, 0.15) is 5.76 Å². The van der Waals surface area contributed by atoms with Crippen molar-refractivity contribution in [2.24, 2.45) is 5.92 Å². The average Bonchev–Trinajstić information content (AvgIpc) is 2.93. The fraction of sp³-hybridized carbons (Fsp3) is 0.476. The molecule has 2 atom stereocenters. The van der Waals surface area contributed by atoms with E-state index in [0.717, 1.165) is 37.7 Å². The number of fused-ring (bicyclic) bond motifs is 4. The highest BCUT2D eigenvalue weighted by Gasteiger charge is 2.37. The SMILES string of the molecule is CSCc1ccc(C(=O)N2C[C@@H]3CC[C@H](C2)N(Cc2ccccc2)C3)o1. The molecule has 5 heteroatoms. The third-order valence-corrected chi connectivity index (χ3v) is 6.07. The van der Waals surface area contributed by atoms with Crippen LogP contribution in [0.15, 0.2) is 46.9 Å². The third-order valence-electron chi connectivity index (χ3n) is 5.50. The molecule has 3 aliphatic heterocycles. The lowest BCUT2D eigenvalue weighted by atomic mass is 9.94. The van der Waals surface area contributed by atoms with Crippen molar-refractivity contribution in [1.29, 1.82) is 0 Å². The van der Waals surface area contributed by atoms with Gasteiger partial charge in [0.25, 0.3) is 5.91 Å². The van der Waals surface area contributed by atoms with E-state index in [1.54, 1.807) is 11.8 Å². The Morgan fingerprint density at radius 1 is 1.12 bits per heavy atom. The van der Waals surface area contributed by atoms with Gasteiger partial charge in [-0.2, -0.15) is 11.8 Å². The van der Waals surface area contributed by atoms with Crippen LogP contribution in [0, 0.1) is 5.92 Å². The first-order valence-electron chi connectivity index (χ1n) is 9.38. The number of hydrogen-bond acceptors (Lipinski definition) is 4. The summed E-state index contributed by atoms with van der Waals surface area (Å²) in [4.78, 5) is 17.6. The molecule has 1 aromatic carbocycles. The molecule has 5 rings (SSSR count). The van der Waals surface area contributed by atoms with Crippen LogP contribution >= 0.6 is 11.8 Å². The summed E-state index contributed by atoms with van der Waals surface area (Å²) in [5.41, 5.74) is 1.35. The first-order chi connectivity index (χ1) is 12.7. The van der Waals surface area contributed by atoms with Crippen molar-refractivity contribution in [1.82, 2.24) is 9.80 Å². The number of furan rings is 1. The molecule has 3 saturated heterocycles. The molecule has 1 aromatic heterocycles. The van der Waals surface area contributed by atoms with Crippen molar-refractivity contribution < 1.29 is 9.21 Å². The Labute approximate surface area is 159 Å². The standard InChI is InChI=1S/C21H26N2O2S/c1-26-15-19-9-10-20(25-19)21(24)23-13-17-7-8-18(14-23)22(12-17)11-16-5-3-2-4-6-16/h2-6,9-10,17-18H,7-8,11-15H2,1H3/t17-,18-/m1/s1. The van der Waals surface area contributed by atoms with Crippen LogP contribution in [0.5, 0.6) is 0 Å². The first kappa shape index (κ1) is 17.7. The molecule has 2 bridgehead atoms. The monoisotopic (exact) mass is 370 g/mol. The number of carbonyl (C=O) groups is 1. The average molecular weight is 371 g/mol. The van der Waals surface area contributed by atoms with Crippen molar-refractivity contribution in [3.63, 3.8) is 0 Å². The summed E-state index contributed by atoms with van der Waals surface area (Å²) in [6, 6.07) is 14.9. The molecule has 138 valence electrons. The van der Waals surface area contributed by atoms with Gasteiger partial charge in [0, 0.05) is 32.2 Å². The Morgan fingerprint density at radius 3 is 2.77 bits per heavy atom. The summed E-state index contributed by atoms with van der Waals surface area (Å²) in [5.74, 6) is 2.79. The van der Waals surface area contributed by atoms with Crippen molar-refractivity contribution >= 4 is 17.7 Å². The van der Waals surface area contributed by atoms with E-state index in [2.05, 4.69) is 35.2 Å². The lowest BCUT2D eigenvalue weighted by molar-refractivity contribution is 0.0703. The number of nitrogens with zero attached hydrogens (tertiary/aromatic N) is 2. The van der Waals surface area contributed by atoms with Crippen molar-refractivity contribution in [2.75, 3.05) is 25.9 Å². The predicted molar refractivity (Wildman–Crippen MR) is 105 cm³/mol. The molecular formula is C21H26N2O2S. The molecule has 1 amide bonds. The lowest BCUT2D eigenvalue weighted by Gasteiger charge is -2.36. The minimum absolute atomic E-state index is 0.0517. The lowest BCUT2D eigenvalue weighted by Crippen LogP contribution is -2.43. The van der Waals surface area contributed by atoms with Gasteiger partial charge < -0.3 is 9.32 Å². The summed E-state index contributed by atoms with van der Waals surface area (Å²) in [6.45, 7) is 3.71. The number of piperidine rings is 1. The van der Waals surface area contributed by atoms with Crippen molar-refractivity contribution in [2.45, 2.75) is 31.2 Å². The van der Waals surface area contributed by atoms with Crippen LogP contribution in [-0.4, -0.2) is 47.6 Å². The fourth-order valence-electron chi connectivity index (χ4n) is 4.22. The third kappa shape index (κ3) is 3.84. The molecule has 0 unspecified atom stereocenters. The second-order valence-electron chi connectivity index (χ2n) is 7.42. The van der Waals surface area contributed by atoms with Crippen LogP contribution in [-0.2, 0) is 12.3 Å². The highest BCUT2D eigenvalue weighted by molar-refractivity contribution is 7.97. The van der Waals surface area contributed by atoms with E-state index < -0.39 is 0 Å². The molecule has 0 N–H and O–H groups in total. The molecule has 4 nitrogen and oxygen atoms in total. The second kappa shape index (κ2) is 7.89. The van der Waals surface area contributed by atoms with Crippen LogP contribution in [0.3, 0.4) is 0 Å². The van der Waals surface area contributed by atoms with Gasteiger partial charge in [0.2, 0.25) is 0 Å². The highest BCUT2D eigenvalue weighted by Crippen LogP contribution is 2.30. The van der Waals surface area contributed by atoms with Crippen LogP contribution < -0.4 is 0 Å². The maximum atomic E-state index is 13.0. The first-order valence-corrected chi connectivity index (χ1v) is 10.8. The molecule has 0 aliphatic carbocycles. The molecule has 4 heterocycles. The van der Waals surface area contributed by atoms with Gasteiger partial charge in [-0.15, -0.1) is 0 Å². The van der Waals surface area contributed by atoms with E-state index in [-0.39, 0.29) is 5.91 Å². The minimum atomic E-state index is 0.0517. The molecule has 0 spiro atoms. The number of carbonyl (C=O) groups excluding carboxylic acids is 1. The smallest absolute Gasteiger partial charge is 0.289 e. The number of rotatable bonds is 5. The number of hydrogen-bond donors (Lipinski definition) is 0. The van der Waals surface area contributed by atoms with Gasteiger partial charge in [-0.05, 0) is 42.7 Å². The normalized spacial score (nSPS) is 23.2. The Kier molecular flexibility index (Phi) is 5.36. The summed E-state index contributed by atoms with van der Waals surface area (Å²) in [7, 11) is 0. The summed E-state index contributed by atoms with van der Waals surface area (Å²) < 4.78 is 5.77. The van der Waals surface area contributed by atoms with E-state index in [4.69, 9.17) is 4.42 Å². The van der Waals surface area contributed by atoms with Gasteiger partial charge in [0.05, 0.1) is 5.75 Å². The number of thioether (sulfide) groups is 1. The highest BCUT2D eigenvalue weighted by atomic mass is 32.2. The molecule has 2 aromatic rings. The van der Waals surface area contributed by atoms with Crippen LogP contribution in [0.4, 0.5) is 0 Å². The Bertz CT molecular complexity index is 745. The zero-order valence-electron chi connectivity index (χ0n) is 15.3. The summed E-state index contributed by atoms with van der Waals surface area (Å²) >= 11 is 1.71. The maximum absolute atomic E-state index is 13.0. The Morgan fingerprint density at radius 2 is 1.96 bits per heavy atom. The molecule has 3 fully saturated rings. The largest absolute Gasteiger partial charge is 0.455 e.